The Bertz CT molecular complexity index is 1050. The zero-order valence-corrected chi connectivity index (χ0v) is 17.5. The third-order valence-corrected chi connectivity index (χ3v) is 7.85. The first-order chi connectivity index (χ1) is 13.9. The molecule has 0 atom stereocenters. The second kappa shape index (κ2) is 8.05. The van der Waals surface area contributed by atoms with E-state index >= 15 is 0 Å². The largest absolute Gasteiger partial charge is 0.336 e. The Labute approximate surface area is 175 Å². The molecule has 8 heteroatoms. The number of fused-ring (bicyclic) bond motifs is 1. The number of carbonyl (C=O) groups is 1. The van der Waals surface area contributed by atoms with Gasteiger partial charge < -0.3 is 4.90 Å². The highest BCUT2D eigenvalue weighted by molar-refractivity contribution is 7.89. The van der Waals surface area contributed by atoms with Gasteiger partial charge in [-0.2, -0.15) is 4.31 Å². The topological polar surface area (TPSA) is 57.7 Å². The quantitative estimate of drug-likeness (QED) is 0.739. The van der Waals surface area contributed by atoms with Crippen molar-refractivity contribution >= 4 is 27.5 Å². The molecule has 2 aliphatic rings. The zero-order valence-electron chi connectivity index (χ0n) is 15.9. The summed E-state index contributed by atoms with van der Waals surface area (Å²) >= 11 is 5.99. The molecule has 29 heavy (non-hydrogen) atoms. The molecule has 0 radical (unpaired) electrons. The zero-order chi connectivity index (χ0) is 20.6. The normalized spacial score (nSPS) is 17.8. The molecule has 0 unspecified atom stereocenters. The van der Waals surface area contributed by atoms with Crippen molar-refractivity contribution < 1.29 is 17.6 Å². The lowest BCUT2D eigenvalue weighted by atomic mass is 9.92. The maximum atomic E-state index is 13.2. The number of aryl methyl sites for hydroxylation is 2. The van der Waals surface area contributed by atoms with Crippen molar-refractivity contribution in [3.05, 3.63) is 63.9 Å². The van der Waals surface area contributed by atoms with Crippen molar-refractivity contribution in [2.24, 2.45) is 0 Å². The van der Waals surface area contributed by atoms with E-state index in [0.29, 0.717) is 4.90 Å². The predicted molar refractivity (Wildman–Crippen MR) is 109 cm³/mol. The highest BCUT2D eigenvalue weighted by atomic mass is 35.5. The Morgan fingerprint density at radius 2 is 1.62 bits per heavy atom. The summed E-state index contributed by atoms with van der Waals surface area (Å²) in [5.41, 5.74) is 2.58. The van der Waals surface area contributed by atoms with E-state index in [-0.39, 0.29) is 42.7 Å². The van der Waals surface area contributed by atoms with Gasteiger partial charge >= 0.3 is 0 Å². The minimum absolute atomic E-state index is 0.0547. The molecular formula is C21H22ClFN2O3S. The number of piperazine rings is 1. The first-order valence-electron chi connectivity index (χ1n) is 9.72. The second-order valence-electron chi connectivity index (χ2n) is 7.46. The van der Waals surface area contributed by atoms with Crippen molar-refractivity contribution in [3.63, 3.8) is 0 Å². The van der Waals surface area contributed by atoms with E-state index in [4.69, 9.17) is 11.6 Å². The summed E-state index contributed by atoms with van der Waals surface area (Å²) in [5, 5.41) is 0.0547. The molecule has 2 aromatic carbocycles. The van der Waals surface area contributed by atoms with Crippen LogP contribution in [0.2, 0.25) is 5.02 Å². The average molecular weight is 437 g/mol. The van der Waals surface area contributed by atoms with Crippen molar-refractivity contribution in [2.75, 3.05) is 26.2 Å². The number of sulfonamides is 1. The summed E-state index contributed by atoms with van der Waals surface area (Å²) in [7, 11) is -3.60. The van der Waals surface area contributed by atoms with Gasteiger partial charge in [-0.05, 0) is 67.1 Å². The summed E-state index contributed by atoms with van der Waals surface area (Å²) in [4.78, 5) is 14.5. The van der Waals surface area contributed by atoms with E-state index in [1.807, 2.05) is 6.07 Å². The number of hydrogen-bond donors (Lipinski definition) is 0. The lowest BCUT2D eigenvalue weighted by molar-refractivity contribution is 0.0698. The van der Waals surface area contributed by atoms with E-state index in [1.54, 1.807) is 17.0 Å². The maximum absolute atomic E-state index is 13.2. The van der Waals surface area contributed by atoms with Crippen LogP contribution in [-0.2, 0) is 22.9 Å². The lowest BCUT2D eigenvalue weighted by Gasteiger charge is -2.34. The molecule has 1 heterocycles. The fourth-order valence-corrected chi connectivity index (χ4v) is 5.71. The van der Waals surface area contributed by atoms with Gasteiger partial charge in [-0.15, -0.1) is 0 Å². The number of nitrogens with zero attached hydrogens (tertiary/aromatic N) is 2. The standard InChI is InChI=1S/C21H22ClFN2O3S/c22-20-14-17(23)6-8-19(20)21(26)24-9-11-25(12-10-24)29(27,28)18-7-5-15-3-1-2-4-16(15)13-18/h5-8,13-14H,1-4,9-12H2. The van der Waals surface area contributed by atoms with Gasteiger partial charge in [0.1, 0.15) is 5.82 Å². The third-order valence-electron chi connectivity index (χ3n) is 5.65. The molecule has 2 aromatic rings. The molecule has 0 bridgehead atoms. The van der Waals surface area contributed by atoms with Gasteiger partial charge in [0.05, 0.1) is 15.5 Å². The Hall–Kier alpha value is -1.96. The third kappa shape index (κ3) is 4.04. The second-order valence-corrected chi connectivity index (χ2v) is 9.80. The van der Waals surface area contributed by atoms with E-state index < -0.39 is 15.8 Å². The van der Waals surface area contributed by atoms with Gasteiger partial charge in [0.2, 0.25) is 10.0 Å². The van der Waals surface area contributed by atoms with Crippen molar-refractivity contribution in [1.82, 2.24) is 9.21 Å². The van der Waals surface area contributed by atoms with E-state index in [0.717, 1.165) is 37.3 Å². The molecule has 0 spiro atoms. The molecule has 5 nitrogen and oxygen atoms in total. The van der Waals surface area contributed by atoms with Crippen LogP contribution in [-0.4, -0.2) is 49.7 Å². The molecule has 0 aromatic heterocycles. The Morgan fingerprint density at radius 1 is 0.931 bits per heavy atom. The van der Waals surface area contributed by atoms with Gasteiger partial charge in [-0.1, -0.05) is 17.7 Å². The molecule has 1 aliphatic heterocycles. The number of rotatable bonds is 3. The minimum atomic E-state index is -3.60. The summed E-state index contributed by atoms with van der Waals surface area (Å²) in [5.74, 6) is -0.826. The predicted octanol–water partition coefficient (Wildman–Crippen LogP) is 3.50. The van der Waals surface area contributed by atoms with Gasteiger partial charge in [0.25, 0.3) is 5.91 Å². The Kier molecular flexibility index (Phi) is 5.64. The van der Waals surface area contributed by atoms with E-state index in [9.17, 15) is 17.6 Å². The Balaban J connectivity index is 1.47. The molecule has 1 amide bonds. The van der Waals surface area contributed by atoms with Crippen molar-refractivity contribution in [2.45, 2.75) is 30.6 Å². The minimum Gasteiger partial charge on any atom is -0.336 e. The van der Waals surface area contributed by atoms with E-state index in [2.05, 4.69) is 0 Å². The Morgan fingerprint density at radius 3 is 2.31 bits per heavy atom. The molecule has 1 saturated heterocycles. The fourth-order valence-electron chi connectivity index (χ4n) is 3.98. The van der Waals surface area contributed by atoms with Crippen LogP contribution in [0.25, 0.3) is 0 Å². The smallest absolute Gasteiger partial charge is 0.255 e. The van der Waals surface area contributed by atoms with Crippen LogP contribution in [0.3, 0.4) is 0 Å². The number of amides is 1. The average Bonchev–Trinajstić information content (AvgIpc) is 2.73. The molecule has 0 saturated carbocycles. The molecule has 1 aliphatic carbocycles. The fraction of sp³-hybridized carbons (Fsp3) is 0.381. The first kappa shape index (κ1) is 20.3. The van der Waals surface area contributed by atoms with Crippen LogP contribution in [0.1, 0.15) is 34.3 Å². The summed E-state index contributed by atoms with van der Waals surface area (Å²) < 4.78 is 40.8. The van der Waals surface area contributed by atoms with Gasteiger partial charge in [-0.25, -0.2) is 12.8 Å². The molecule has 1 fully saturated rings. The van der Waals surface area contributed by atoms with Crippen LogP contribution < -0.4 is 0 Å². The summed E-state index contributed by atoms with van der Waals surface area (Å²) in [6, 6.07) is 9.07. The summed E-state index contributed by atoms with van der Waals surface area (Å²) in [6.07, 6.45) is 4.15. The van der Waals surface area contributed by atoms with Gasteiger partial charge in [0, 0.05) is 26.2 Å². The highest BCUT2D eigenvalue weighted by Gasteiger charge is 2.31. The number of benzene rings is 2. The summed E-state index contributed by atoms with van der Waals surface area (Å²) in [6.45, 7) is 0.946. The molecule has 4 rings (SSSR count). The van der Waals surface area contributed by atoms with E-state index in [1.165, 1.54) is 22.0 Å². The maximum Gasteiger partial charge on any atom is 0.255 e. The SMILES string of the molecule is O=C(c1ccc(F)cc1Cl)N1CCN(S(=O)(=O)c2ccc3c(c2)CCCC3)CC1. The number of hydrogen-bond acceptors (Lipinski definition) is 3. The number of halogens is 2. The van der Waals surface area contributed by atoms with Crippen LogP contribution in [0.4, 0.5) is 4.39 Å². The highest BCUT2D eigenvalue weighted by Crippen LogP contribution is 2.27. The van der Waals surface area contributed by atoms with Crippen LogP contribution in [0.5, 0.6) is 0 Å². The van der Waals surface area contributed by atoms with Crippen molar-refractivity contribution in [3.8, 4) is 0 Å². The van der Waals surface area contributed by atoms with Crippen LogP contribution >= 0.6 is 11.6 Å². The molecule has 0 N–H and O–H groups in total. The lowest BCUT2D eigenvalue weighted by Crippen LogP contribution is -2.50. The van der Waals surface area contributed by atoms with Gasteiger partial charge in [-0.3, -0.25) is 4.79 Å². The van der Waals surface area contributed by atoms with Crippen LogP contribution in [0, 0.1) is 5.82 Å². The molecular weight excluding hydrogens is 415 g/mol. The van der Waals surface area contributed by atoms with Crippen LogP contribution in [0.15, 0.2) is 41.3 Å². The first-order valence-corrected chi connectivity index (χ1v) is 11.5. The number of carbonyl (C=O) groups excluding carboxylic acids is 1. The molecule has 154 valence electrons. The monoisotopic (exact) mass is 436 g/mol. The van der Waals surface area contributed by atoms with Gasteiger partial charge in [0.15, 0.2) is 0 Å². The van der Waals surface area contributed by atoms with Crippen molar-refractivity contribution in [1.29, 1.82) is 0 Å².